The number of carbonyl (C=O) groups excluding carboxylic acids is 1. The molecule has 0 aliphatic heterocycles. The fourth-order valence-corrected chi connectivity index (χ4v) is 2.17. The predicted molar refractivity (Wildman–Crippen MR) is 76.6 cm³/mol. The number of carbonyl (C=O) groups is 3. The van der Waals surface area contributed by atoms with E-state index < -0.39 is 17.8 Å². The Morgan fingerprint density at radius 3 is 2.24 bits per heavy atom. The smallest absolute Gasteiger partial charge is 0.336 e. The number of amides is 1. The summed E-state index contributed by atoms with van der Waals surface area (Å²) >= 11 is 0. The molecule has 0 bridgehead atoms. The van der Waals surface area contributed by atoms with Crippen molar-refractivity contribution in [2.24, 2.45) is 0 Å². The lowest BCUT2D eigenvalue weighted by molar-refractivity contribution is -0.114. The summed E-state index contributed by atoms with van der Waals surface area (Å²) in [6.07, 6.45) is 0. The number of nitrogens with one attached hydrogen (secondary N) is 1. The molecule has 0 heterocycles. The highest BCUT2D eigenvalue weighted by Crippen LogP contribution is 2.34. The number of aromatic carboxylic acids is 2. The SMILES string of the molecule is CC(=O)Nc1c(N)cc(C(=O)O)c2c(C(=O)O)cccc12. The van der Waals surface area contributed by atoms with E-state index in [4.69, 9.17) is 5.73 Å². The van der Waals surface area contributed by atoms with Gasteiger partial charge in [0.2, 0.25) is 5.91 Å². The van der Waals surface area contributed by atoms with Gasteiger partial charge in [-0.3, -0.25) is 4.79 Å². The Balaban J connectivity index is 2.97. The molecule has 7 nitrogen and oxygen atoms in total. The van der Waals surface area contributed by atoms with Crippen molar-refractivity contribution in [2.45, 2.75) is 6.92 Å². The molecule has 0 aromatic heterocycles. The molecule has 1 amide bonds. The van der Waals surface area contributed by atoms with Crippen molar-refractivity contribution in [3.8, 4) is 0 Å². The Labute approximate surface area is 119 Å². The standard InChI is InChI=1S/C14H12N2O5/c1-6(17)16-12-7-3-2-4-8(13(18)19)11(7)9(14(20)21)5-10(12)15/h2-5H,15H2,1H3,(H,16,17)(H,18,19)(H,20,21). The first-order valence-corrected chi connectivity index (χ1v) is 5.92. The van der Waals surface area contributed by atoms with Gasteiger partial charge in [0.1, 0.15) is 0 Å². The van der Waals surface area contributed by atoms with E-state index in [-0.39, 0.29) is 33.3 Å². The summed E-state index contributed by atoms with van der Waals surface area (Å²) in [7, 11) is 0. The minimum absolute atomic E-state index is 0.0236. The lowest BCUT2D eigenvalue weighted by Crippen LogP contribution is -2.12. The normalized spacial score (nSPS) is 10.3. The zero-order valence-corrected chi connectivity index (χ0v) is 11.0. The first-order valence-electron chi connectivity index (χ1n) is 5.92. The van der Waals surface area contributed by atoms with Gasteiger partial charge < -0.3 is 21.3 Å². The van der Waals surface area contributed by atoms with Gasteiger partial charge in [-0.15, -0.1) is 0 Å². The van der Waals surface area contributed by atoms with Gasteiger partial charge in [0.05, 0.1) is 22.5 Å². The van der Waals surface area contributed by atoms with E-state index in [1.54, 1.807) is 0 Å². The zero-order chi connectivity index (χ0) is 15.7. The topological polar surface area (TPSA) is 130 Å². The molecular formula is C14H12N2O5. The fraction of sp³-hybridized carbons (Fsp3) is 0.0714. The van der Waals surface area contributed by atoms with Gasteiger partial charge in [-0.1, -0.05) is 12.1 Å². The minimum atomic E-state index is -1.30. The van der Waals surface area contributed by atoms with Crippen LogP contribution in [0.3, 0.4) is 0 Å². The number of carboxylic acids is 2. The monoisotopic (exact) mass is 288 g/mol. The third-order valence-electron chi connectivity index (χ3n) is 2.95. The second-order valence-electron chi connectivity index (χ2n) is 4.41. The van der Waals surface area contributed by atoms with E-state index in [1.165, 1.54) is 25.1 Å². The van der Waals surface area contributed by atoms with Crippen molar-refractivity contribution in [1.82, 2.24) is 0 Å². The summed E-state index contributed by atoms with van der Waals surface area (Å²) in [5, 5.41) is 21.3. The number of nitrogen functional groups attached to an aromatic ring is 1. The predicted octanol–water partition coefficient (Wildman–Crippen LogP) is 1.78. The van der Waals surface area contributed by atoms with Gasteiger partial charge in [-0.2, -0.15) is 0 Å². The van der Waals surface area contributed by atoms with Crippen LogP contribution in [-0.4, -0.2) is 28.1 Å². The molecule has 108 valence electrons. The molecule has 0 aliphatic carbocycles. The Bertz CT molecular complexity index is 783. The van der Waals surface area contributed by atoms with E-state index in [0.717, 1.165) is 6.07 Å². The highest BCUT2D eigenvalue weighted by atomic mass is 16.4. The average molecular weight is 288 g/mol. The van der Waals surface area contributed by atoms with Crippen LogP contribution in [0.25, 0.3) is 10.8 Å². The maximum atomic E-state index is 11.3. The fourth-order valence-electron chi connectivity index (χ4n) is 2.17. The molecular weight excluding hydrogens is 276 g/mol. The number of hydrogen-bond donors (Lipinski definition) is 4. The number of anilines is 2. The van der Waals surface area contributed by atoms with Crippen molar-refractivity contribution in [3.63, 3.8) is 0 Å². The first-order chi connectivity index (χ1) is 9.82. The van der Waals surface area contributed by atoms with Crippen LogP contribution in [0.1, 0.15) is 27.6 Å². The third kappa shape index (κ3) is 2.48. The van der Waals surface area contributed by atoms with E-state index in [2.05, 4.69) is 5.32 Å². The Morgan fingerprint density at radius 2 is 1.71 bits per heavy atom. The van der Waals surface area contributed by atoms with E-state index >= 15 is 0 Å². The summed E-state index contributed by atoms with van der Waals surface area (Å²) < 4.78 is 0. The van der Waals surface area contributed by atoms with E-state index in [0.29, 0.717) is 0 Å². The van der Waals surface area contributed by atoms with Crippen LogP contribution in [0.4, 0.5) is 11.4 Å². The van der Waals surface area contributed by atoms with Crippen LogP contribution in [0.15, 0.2) is 24.3 Å². The van der Waals surface area contributed by atoms with Crippen LogP contribution >= 0.6 is 0 Å². The summed E-state index contributed by atoms with van der Waals surface area (Å²) in [5.74, 6) is -2.96. The Morgan fingerprint density at radius 1 is 1.10 bits per heavy atom. The second kappa shape index (κ2) is 5.12. The van der Waals surface area contributed by atoms with Crippen LogP contribution < -0.4 is 11.1 Å². The molecule has 0 saturated heterocycles. The largest absolute Gasteiger partial charge is 0.478 e. The van der Waals surface area contributed by atoms with Crippen molar-refractivity contribution < 1.29 is 24.6 Å². The van der Waals surface area contributed by atoms with Gasteiger partial charge in [-0.05, 0) is 12.1 Å². The lowest BCUT2D eigenvalue weighted by Gasteiger charge is -2.14. The van der Waals surface area contributed by atoms with Crippen molar-refractivity contribution in [3.05, 3.63) is 35.4 Å². The van der Waals surface area contributed by atoms with Gasteiger partial charge in [0.15, 0.2) is 0 Å². The van der Waals surface area contributed by atoms with E-state index in [9.17, 15) is 24.6 Å². The Hall–Kier alpha value is -3.09. The van der Waals surface area contributed by atoms with E-state index in [1.807, 2.05) is 0 Å². The molecule has 0 saturated carbocycles. The van der Waals surface area contributed by atoms with Crippen molar-refractivity contribution in [2.75, 3.05) is 11.1 Å². The maximum Gasteiger partial charge on any atom is 0.336 e. The van der Waals surface area contributed by atoms with Crippen molar-refractivity contribution in [1.29, 1.82) is 0 Å². The van der Waals surface area contributed by atoms with Crippen LogP contribution in [0.2, 0.25) is 0 Å². The summed E-state index contributed by atoms with van der Waals surface area (Å²) in [6, 6.07) is 5.41. The molecule has 21 heavy (non-hydrogen) atoms. The van der Waals surface area contributed by atoms with Gasteiger partial charge in [0.25, 0.3) is 0 Å². The lowest BCUT2D eigenvalue weighted by atomic mass is 9.96. The molecule has 2 aromatic rings. The second-order valence-corrected chi connectivity index (χ2v) is 4.41. The molecule has 0 radical (unpaired) electrons. The summed E-state index contributed by atoms with van der Waals surface area (Å²) in [4.78, 5) is 33.9. The highest BCUT2D eigenvalue weighted by Gasteiger charge is 2.20. The van der Waals surface area contributed by atoms with Crippen LogP contribution in [0, 0.1) is 0 Å². The maximum absolute atomic E-state index is 11.3. The van der Waals surface area contributed by atoms with Crippen LogP contribution in [0.5, 0.6) is 0 Å². The molecule has 2 aromatic carbocycles. The van der Waals surface area contributed by atoms with Gasteiger partial charge in [0, 0.05) is 17.7 Å². The van der Waals surface area contributed by atoms with Crippen molar-refractivity contribution >= 4 is 40.0 Å². The quantitative estimate of drug-likeness (QED) is 0.637. The molecule has 7 heteroatoms. The van der Waals surface area contributed by atoms with Crippen LogP contribution in [-0.2, 0) is 4.79 Å². The molecule has 2 rings (SSSR count). The molecule has 0 atom stereocenters. The summed E-state index contributed by atoms with van der Waals surface area (Å²) in [5.41, 5.74) is 5.63. The number of hydrogen-bond acceptors (Lipinski definition) is 4. The minimum Gasteiger partial charge on any atom is -0.478 e. The van der Waals surface area contributed by atoms with Gasteiger partial charge in [-0.25, -0.2) is 9.59 Å². The Kier molecular flexibility index (Phi) is 3.49. The van der Waals surface area contributed by atoms with Gasteiger partial charge >= 0.3 is 11.9 Å². The number of nitrogens with two attached hydrogens (primary N) is 1. The summed E-state index contributed by atoms with van der Waals surface area (Å²) in [6.45, 7) is 1.28. The molecule has 0 spiro atoms. The average Bonchev–Trinajstić information content (AvgIpc) is 2.40. The number of fused-ring (bicyclic) bond motifs is 1. The zero-order valence-electron chi connectivity index (χ0n) is 11.0. The number of rotatable bonds is 3. The number of carboxylic acid groups (broad SMARTS) is 2. The molecule has 0 fully saturated rings. The highest BCUT2D eigenvalue weighted by molar-refractivity contribution is 6.19. The molecule has 0 unspecified atom stereocenters. The first kappa shape index (κ1) is 14.3. The molecule has 5 N–H and O–H groups in total. The molecule has 0 aliphatic rings. The third-order valence-corrected chi connectivity index (χ3v) is 2.95. The number of benzene rings is 2.